The molecule has 1 saturated heterocycles. The zero-order chi connectivity index (χ0) is 11.5. The summed E-state index contributed by atoms with van der Waals surface area (Å²) < 4.78 is 5.30. The maximum atomic E-state index is 12.1. The summed E-state index contributed by atoms with van der Waals surface area (Å²) in [5.41, 5.74) is 5.49. The van der Waals surface area contributed by atoms with E-state index in [1.54, 1.807) is 0 Å². The summed E-state index contributed by atoms with van der Waals surface area (Å²) in [4.78, 5) is 12.1. The van der Waals surface area contributed by atoms with Gasteiger partial charge in [0.25, 0.3) is 0 Å². The van der Waals surface area contributed by atoms with Gasteiger partial charge in [-0.3, -0.25) is 4.79 Å². The van der Waals surface area contributed by atoms with Crippen molar-refractivity contribution < 1.29 is 9.53 Å². The average molecular weight is 213 g/mol. The maximum absolute atomic E-state index is 12.1. The first-order chi connectivity index (χ1) is 7.04. The lowest BCUT2D eigenvalue weighted by molar-refractivity contribution is -0.129. The van der Waals surface area contributed by atoms with E-state index in [0.29, 0.717) is 25.6 Å². The van der Waals surface area contributed by atoms with Crippen molar-refractivity contribution in [3.8, 4) is 0 Å². The third-order valence-corrected chi connectivity index (χ3v) is 3.78. The molecule has 2 unspecified atom stereocenters. The predicted molar refractivity (Wildman–Crippen MR) is 60.6 cm³/mol. The minimum atomic E-state index is -0.442. The normalized spacial score (nSPS) is 31.1. The Morgan fingerprint density at radius 1 is 1.53 bits per heavy atom. The SMILES string of the molecule is CCC(CC)CC(=O)C1(C)COCC1N. The fourth-order valence-corrected chi connectivity index (χ4v) is 2.05. The van der Waals surface area contributed by atoms with Crippen molar-refractivity contribution in [2.75, 3.05) is 13.2 Å². The van der Waals surface area contributed by atoms with E-state index >= 15 is 0 Å². The molecule has 0 bridgehead atoms. The van der Waals surface area contributed by atoms with Gasteiger partial charge in [-0.15, -0.1) is 0 Å². The molecule has 1 fully saturated rings. The Hall–Kier alpha value is -0.410. The summed E-state index contributed by atoms with van der Waals surface area (Å²) >= 11 is 0. The highest BCUT2D eigenvalue weighted by Gasteiger charge is 2.43. The topological polar surface area (TPSA) is 52.3 Å². The Bertz CT molecular complexity index is 226. The van der Waals surface area contributed by atoms with Gasteiger partial charge in [-0.25, -0.2) is 0 Å². The van der Waals surface area contributed by atoms with Crippen LogP contribution in [-0.2, 0) is 9.53 Å². The number of carbonyl (C=O) groups excluding carboxylic acids is 1. The van der Waals surface area contributed by atoms with Crippen LogP contribution in [0.2, 0.25) is 0 Å². The fourth-order valence-electron chi connectivity index (χ4n) is 2.05. The van der Waals surface area contributed by atoms with Crippen molar-refractivity contribution in [3.05, 3.63) is 0 Å². The van der Waals surface area contributed by atoms with Gasteiger partial charge in [-0.05, 0) is 12.8 Å². The van der Waals surface area contributed by atoms with Gasteiger partial charge in [0.05, 0.1) is 18.6 Å². The molecule has 0 spiro atoms. The van der Waals surface area contributed by atoms with Gasteiger partial charge >= 0.3 is 0 Å². The second kappa shape index (κ2) is 5.08. The van der Waals surface area contributed by atoms with Crippen LogP contribution >= 0.6 is 0 Å². The van der Waals surface area contributed by atoms with Crippen molar-refractivity contribution in [1.29, 1.82) is 0 Å². The number of hydrogen-bond acceptors (Lipinski definition) is 3. The Morgan fingerprint density at radius 3 is 2.53 bits per heavy atom. The van der Waals surface area contributed by atoms with Gasteiger partial charge in [0.1, 0.15) is 5.78 Å². The molecular weight excluding hydrogens is 190 g/mol. The third-order valence-electron chi connectivity index (χ3n) is 3.78. The first-order valence-corrected chi connectivity index (χ1v) is 5.91. The zero-order valence-corrected chi connectivity index (χ0v) is 10.1. The molecule has 2 N–H and O–H groups in total. The molecule has 0 radical (unpaired) electrons. The molecule has 3 nitrogen and oxygen atoms in total. The molecule has 0 aliphatic carbocycles. The third kappa shape index (κ3) is 2.58. The number of hydrogen-bond donors (Lipinski definition) is 1. The maximum Gasteiger partial charge on any atom is 0.142 e. The van der Waals surface area contributed by atoms with Crippen LogP contribution in [0.25, 0.3) is 0 Å². The monoisotopic (exact) mass is 213 g/mol. The smallest absolute Gasteiger partial charge is 0.142 e. The largest absolute Gasteiger partial charge is 0.379 e. The zero-order valence-electron chi connectivity index (χ0n) is 10.1. The second-order valence-electron chi connectivity index (χ2n) is 4.85. The number of nitrogens with two attached hydrogens (primary N) is 1. The van der Waals surface area contributed by atoms with Crippen LogP contribution in [0.1, 0.15) is 40.0 Å². The van der Waals surface area contributed by atoms with Crippen LogP contribution in [0.15, 0.2) is 0 Å². The molecule has 0 amide bonds. The lowest BCUT2D eigenvalue weighted by Crippen LogP contribution is -2.44. The van der Waals surface area contributed by atoms with E-state index in [1.807, 2.05) is 6.92 Å². The molecule has 1 heterocycles. The molecule has 88 valence electrons. The lowest BCUT2D eigenvalue weighted by atomic mass is 9.77. The molecule has 1 aliphatic heterocycles. The van der Waals surface area contributed by atoms with Gasteiger partial charge in [0, 0.05) is 12.5 Å². The highest BCUT2D eigenvalue weighted by Crippen LogP contribution is 2.31. The molecular formula is C12H23NO2. The Kier molecular flexibility index (Phi) is 4.29. The van der Waals surface area contributed by atoms with Gasteiger partial charge < -0.3 is 10.5 Å². The Labute approximate surface area is 92.4 Å². The number of Topliss-reactive ketones (excluding diaryl/α,β-unsaturated/α-hetero) is 1. The van der Waals surface area contributed by atoms with Gasteiger partial charge in [0.2, 0.25) is 0 Å². The summed E-state index contributed by atoms with van der Waals surface area (Å²) in [6, 6.07) is -0.126. The van der Waals surface area contributed by atoms with E-state index in [2.05, 4.69) is 13.8 Å². The summed E-state index contributed by atoms with van der Waals surface area (Å²) in [6.45, 7) is 7.22. The van der Waals surface area contributed by atoms with Crippen LogP contribution in [0.4, 0.5) is 0 Å². The first-order valence-electron chi connectivity index (χ1n) is 5.91. The van der Waals surface area contributed by atoms with Crippen molar-refractivity contribution in [1.82, 2.24) is 0 Å². The van der Waals surface area contributed by atoms with Crippen LogP contribution < -0.4 is 5.73 Å². The van der Waals surface area contributed by atoms with E-state index in [-0.39, 0.29) is 11.8 Å². The first kappa shape index (κ1) is 12.7. The molecule has 0 aromatic rings. The quantitative estimate of drug-likeness (QED) is 0.757. The van der Waals surface area contributed by atoms with Crippen molar-refractivity contribution in [2.24, 2.45) is 17.1 Å². The van der Waals surface area contributed by atoms with Crippen molar-refractivity contribution in [2.45, 2.75) is 46.1 Å². The molecule has 0 aromatic heterocycles. The highest BCUT2D eigenvalue weighted by molar-refractivity contribution is 5.86. The fraction of sp³-hybridized carbons (Fsp3) is 0.917. The van der Waals surface area contributed by atoms with Crippen LogP contribution in [0.3, 0.4) is 0 Å². The highest BCUT2D eigenvalue weighted by atomic mass is 16.5. The molecule has 15 heavy (non-hydrogen) atoms. The number of carbonyl (C=O) groups is 1. The number of rotatable bonds is 5. The summed E-state index contributed by atoms with van der Waals surface area (Å²) in [6.07, 6.45) is 2.78. The van der Waals surface area contributed by atoms with E-state index in [9.17, 15) is 4.79 Å². The summed E-state index contributed by atoms with van der Waals surface area (Å²) in [5.74, 6) is 0.781. The molecule has 2 atom stereocenters. The molecule has 1 rings (SSSR count). The molecule has 1 aliphatic rings. The lowest BCUT2D eigenvalue weighted by Gasteiger charge is -2.26. The average Bonchev–Trinajstić information content (AvgIpc) is 2.57. The minimum absolute atomic E-state index is 0.126. The van der Waals surface area contributed by atoms with Crippen molar-refractivity contribution >= 4 is 5.78 Å². The van der Waals surface area contributed by atoms with E-state index in [1.165, 1.54) is 0 Å². The van der Waals surface area contributed by atoms with Crippen LogP contribution in [0.5, 0.6) is 0 Å². The van der Waals surface area contributed by atoms with Gasteiger partial charge in [0.15, 0.2) is 0 Å². The molecule has 3 heteroatoms. The van der Waals surface area contributed by atoms with Gasteiger partial charge in [-0.2, -0.15) is 0 Å². The number of ether oxygens (including phenoxy) is 1. The Balaban J connectivity index is 2.59. The van der Waals surface area contributed by atoms with Gasteiger partial charge in [-0.1, -0.05) is 26.7 Å². The van der Waals surface area contributed by atoms with E-state index in [0.717, 1.165) is 12.8 Å². The van der Waals surface area contributed by atoms with Crippen LogP contribution in [-0.4, -0.2) is 25.0 Å². The summed E-state index contributed by atoms with van der Waals surface area (Å²) in [5, 5.41) is 0. The van der Waals surface area contributed by atoms with Crippen molar-refractivity contribution in [3.63, 3.8) is 0 Å². The van der Waals surface area contributed by atoms with E-state index in [4.69, 9.17) is 10.5 Å². The predicted octanol–water partition coefficient (Wildman–Crippen LogP) is 1.75. The van der Waals surface area contributed by atoms with E-state index < -0.39 is 5.41 Å². The Morgan fingerprint density at radius 2 is 2.13 bits per heavy atom. The summed E-state index contributed by atoms with van der Waals surface area (Å²) in [7, 11) is 0. The number of ketones is 1. The standard InChI is InChI=1S/C12H23NO2/c1-4-9(5-2)6-11(14)12(3)8-15-7-10(12)13/h9-10H,4-8,13H2,1-3H3. The molecule has 0 saturated carbocycles. The second-order valence-corrected chi connectivity index (χ2v) is 4.85. The molecule has 0 aromatic carbocycles. The minimum Gasteiger partial charge on any atom is -0.379 e. The van der Waals surface area contributed by atoms with Crippen LogP contribution in [0, 0.1) is 11.3 Å².